The van der Waals surface area contributed by atoms with E-state index in [1.54, 1.807) is 6.07 Å². The second kappa shape index (κ2) is 4.93. The van der Waals surface area contributed by atoms with E-state index in [0.29, 0.717) is 5.02 Å². The van der Waals surface area contributed by atoms with Gasteiger partial charge >= 0.3 is 0 Å². The van der Waals surface area contributed by atoms with Crippen LogP contribution < -0.4 is 5.32 Å². The molecule has 14 heavy (non-hydrogen) atoms. The van der Waals surface area contributed by atoms with Crippen molar-refractivity contribution in [2.45, 2.75) is 6.42 Å². The van der Waals surface area contributed by atoms with Gasteiger partial charge in [-0.05, 0) is 25.6 Å². The van der Waals surface area contributed by atoms with Gasteiger partial charge in [0.1, 0.15) is 0 Å². The van der Waals surface area contributed by atoms with Crippen molar-refractivity contribution in [1.29, 1.82) is 0 Å². The molecule has 0 saturated heterocycles. The van der Waals surface area contributed by atoms with E-state index in [0.717, 1.165) is 18.5 Å². The number of non-ortho nitro benzene ring substituents is 1. The van der Waals surface area contributed by atoms with E-state index in [9.17, 15) is 10.1 Å². The van der Waals surface area contributed by atoms with Crippen molar-refractivity contribution in [2.75, 3.05) is 13.6 Å². The van der Waals surface area contributed by atoms with Gasteiger partial charge in [-0.1, -0.05) is 17.7 Å². The van der Waals surface area contributed by atoms with Crippen LogP contribution in [0.3, 0.4) is 0 Å². The zero-order valence-electron chi connectivity index (χ0n) is 7.79. The van der Waals surface area contributed by atoms with Gasteiger partial charge < -0.3 is 5.32 Å². The summed E-state index contributed by atoms with van der Waals surface area (Å²) < 4.78 is 0. The molecule has 1 aromatic carbocycles. The number of likely N-dealkylation sites (N-methyl/N-ethyl adjacent to an activating group) is 1. The molecule has 0 aliphatic heterocycles. The normalized spacial score (nSPS) is 10.1. The van der Waals surface area contributed by atoms with Crippen molar-refractivity contribution in [3.63, 3.8) is 0 Å². The van der Waals surface area contributed by atoms with Crippen LogP contribution in [0.25, 0.3) is 0 Å². The summed E-state index contributed by atoms with van der Waals surface area (Å²) in [6, 6.07) is 4.54. The summed E-state index contributed by atoms with van der Waals surface area (Å²) >= 11 is 5.88. The molecule has 1 rings (SSSR count). The number of nitro benzene ring substituents is 1. The van der Waals surface area contributed by atoms with Gasteiger partial charge in [-0.2, -0.15) is 0 Å². The Labute approximate surface area is 87.0 Å². The van der Waals surface area contributed by atoms with Crippen LogP contribution in [0.15, 0.2) is 18.2 Å². The summed E-state index contributed by atoms with van der Waals surface area (Å²) in [4.78, 5) is 9.96. The van der Waals surface area contributed by atoms with Gasteiger partial charge in [-0.15, -0.1) is 0 Å². The third-order valence-corrected chi connectivity index (χ3v) is 2.24. The predicted octanol–water partition coefficient (Wildman–Crippen LogP) is 2.01. The Kier molecular flexibility index (Phi) is 3.85. The highest BCUT2D eigenvalue weighted by molar-refractivity contribution is 6.31. The zero-order chi connectivity index (χ0) is 10.6. The van der Waals surface area contributed by atoms with Crippen LogP contribution in [0.4, 0.5) is 5.69 Å². The number of hydrogen-bond acceptors (Lipinski definition) is 3. The second-order valence-corrected chi connectivity index (χ2v) is 3.29. The van der Waals surface area contributed by atoms with E-state index in [1.165, 1.54) is 12.1 Å². The van der Waals surface area contributed by atoms with Crippen LogP contribution >= 0.6 is 11.6 Å². The first-order valence-corrected chi connectivity index (χ1v) is 4.60. The van der Waals surface area contributed by atoms with Gasteiger partial charge in [-0.3, -0.25) is 10.1 Å². The number of nitrogens with one attached hydrogen (secondary N) is 1. The van der Waals surface area contributed by atoms with E-state index in [2.05, 4.69) is 5.32 Å². The molecule has 0 fully saturated rings. The Hall–Kier alpha value is -1.13. The molecule has 0 bridgehead atoms. The first-order chi connectivity index (χ1) is 6.65. The maximum atomic E-state index is 10.4. The second-order valence-electron chi connectivity index (χ2n) is 2.89. The Balaban J connectivity index is 2.84. The molecule has 76 valence electrons. The third-order valence-electron chi connectivity index (χ3n) is 1.89. The van der Waals surface area contributed by atoms with Crippen molar-refractivity contribution < 1.29 is 4.92 Å². The molecule has 5 heteroatoms. The molecular weight excluding hydrogens is 204 g/mol. The van der Waals surface area contributed by atoms with Crippen molar-refractivity contribution >= 4 is 17.3 Å². The van der Waals surface area contributed by atoms with E-state index in [1.807, 2.05) is 7.05 Å². The van der Waals surface area contributed by atoms with Gasteiger partial charge in [0.05, 0.1) is 9.95 Å². The Morgan fingerprint density at radius 2 is 2.29 bits per heavy atom. The van der Waals surface area contributed by atoms with E-state index >= 15 is 0 Å². The molecule has 0 heterocycles. The molecule has 0 unspecified atom stereocenters. The number of halogens is 1. The molecular formula is C9H11ClN2O2. The lowest BCUT2D eigenvalue weighted by molar-refractivity contribution is -0.384. The number of hydrogen-bond donors (Lipinski definition) is 1. The average molecular weight is 215 g/mol. The largest absolute Gasteiger partial charge is 0.319 e. The minimum absolute atomic E-state index is 0.0307. The highest BCUT2D eigenvalue weighted by atomic mass is 35.5. The third kappa shape index (κ3) is 2.68. The SMILES string of the molecule is CNCCc1ccc([N+](=O)[O-])cc1Cl. The fraction of sp³-hybridized carbons (Fsp3) is 0.333. The molecule has 0 aliphatic rings. The van der Waals surface area contributed by atoms with Gasteiger partial charge in [0.15, 0.2) is 0 Å². The lowest BCUT2D eigenvalue weighted by Gasteiger charge is -2.02. The predicted molar refractivity (Wildman–Crippen MR) is 55.7 cm³/mol. The fourth-order valence-corrected chi connectivity index (χ4v) is 1.38. The van der Waals surface area contributed by atoms with E-state index in [4.69, 9.17) is 11.6 Å². The molecule has 0 aromatic heterocycles. The number of rotatable bonds is 4. The monoisotopic (exact) mass is 214 g/mol. The Morgan fingerprint density at radius 1 is 1.57 bits per heavy atom. The van der Waals surface area contributed by atoms with Crippen molar-refractivity contribution in [3.8, 4) is 0 Å². The Morgan fingerprint density at radius 3 is 2.79 bits per heavy atom. The van der Waals surface area contributed by atoms with Crippen molar-refractivity contribution in [3.05, 3.63) is 38.9 Å². The lowest BCUT2D eigenvalue weighted by Crippen LogP contribution is -2.10. The minimum atomic E-state index is -0.451. The van der Waals surface area contributed by atoms with Gasteiger partial charge in [0.25, 0.3) is 5.69 Å². The van der Waals surface area contributed by atoms with Crippen molar-refractivity contribution in [2.24, 2.45) is 0 Å². The molecule has 0 saturated carbocycles. The standard InChI is InChI=1S/C9H11ClN2O2/c1-11-5-4-7-2-3-8(12(13)14)6-9(7)10/h2-3,6,11H,4-5H2,1H3. The molecule has 1 aromatic rings. The van der Waals surface area contributed by atoms with Crippen LogP contribution in [-0.4, -0.2) is 18.5 Å². The molecule has 0 spiro atoms. The summed E-state index contributed by atoms with van der Waals surface area (Å²) in [7, 11) is 1.85. The maximum Gasteiger partial charge on any atom is 0.270 e. The number of benzene rings is 1. The summed E-state index contributed by atoms with van der Waals surface area (Å²) in [6.45, 7) is 0.803. The molecule has 0 aliphatic carbocycles. The molecule has 0 amide bonds. The van der Waals surface area contributed by atoms with Crippen molar-refractivity contribution in [1.82, 2.24) is 5.32 Å². The van der Waals surface area contributed by atoms with Crippen LogP contribution in [0.5, 0.6) is 0 Å². The Bertz CT molecular complexity index is 342. The summed E-state index contributed by atoms with van der Waals surface area (Å²) in [5, 5.41) is 13.9. The molecule has 1 N–H and O–H groups in total. The first-order valence-electron chi connectivity index (χ1n) is 4.22. The first kappa shape index (κ1) is 10.9. The van der Waals surface area contributed by atoms with Gasteiger partial charge in [-0.25, -0.2) is 0 Å². The summed E-state index contributed by atoms with van der Waals surface area (Å²) in [5.74, 6) is 0. The molecule has 0 radical (unpaired) electrons. The van der Waals surface area contributed by atoms with E-state index < -0.39 is 4.92 Å². The van der Waals surface area contributed by atoms with E-state index in [-0.39, 0.29) is 5.69 Å². The van der Waals surface area contributed by atoms with Crippen LogP contribution in [0.1, 0.15) is 5.56 Å². The highest BCUT2D eigenvalue weighted by Gasteiger charge is 2.08. The minimum Gasteiger partial charge on any atom is -0.319 e. The van der Waals surface area contributed by atoms with Crippen LogP contribution in [0, 0.1) is 10.1 Å². The average Bonchev–Trinajstić information content (AvgIpc) is 2.15. The van der Waals surface area contributed by atoms with Gasteiger partial charge in [0.2, 0.25) is 0 Å². The highest BCUT2D eigenvalue weighted by Crippen LogP contribution is 2.22. The smallest absolute Gasteiger partial charge is 0.270 e. The zero-order valence-corrected chi connectivity index (χ0v) is 8.54. The maximum absolute atomic E-state index is 10.4. The fourth-order valence-electron chi connectivity index (χ4n) is 1.11. The van der Waals surface area contributed by atoms with Crippen LogP contribution in [-0.2, 0) is 6.42 Å². The molecule has 4 nitrogen and oxygen atoms in total. The number of nitro groups is 1. The topological polar surface area (TPSA) is 55.2 Å². The number of nitrogens with zero attached hydrogens (tertiary/aromatic N) is 1. The van der Waals surface area contributed by atoms with Gasteiger partial charge in [0, 0.05) is 12.1 Å². The lowest BCUT2D eigenvalue weighted by atomic mass is 10.1. The quantitative estimate of drug-likeness (QED) is 0.616. The van der Waals surface area contributed by atoms with Crippen LogP contribution in [0.2, 0.25) is 5.02 Å². The molecule has 0 atom stereocenters. The summed E-state index contributed by atoms with van der Waals surface area (Å²) in [6.07, 6.45) is 0.771. The summed E-state index contributed by atoms with van der Waals surface area (Å²) in [5.41, 5.74) is 0.954.